The lowest BCUT2D eigenvalue weighted by molar-refractivity contribution is -0.149. The predicted molar refractivity (Wildman–Crippen MR) is 132 cm³/mol. The minimum absolute atomic E-state index is 0.128. The van der Waals surface area contributed by atoms with Crippen LogP contribution >= 0.6 is 0 Å². The standard InChI is InChI=1S/C27H32FN3O5/c1-4-36-27(33)18-10-12-30(13-11-18)17-26(32)31-24(22-9-8-21(34-2)15-25(22)35-3)16-23(29-31)19-6-5-7-20(28)14-19/h5-9,14-15,18,24H,4,10-13,16-17H2,1-3H3/t24-/m1/s1. The first-order valence-corrected chi connectivity index (χ1v) is 12.2. The quantitative estimate of drug-likeness (QED) is 0.516. The number of hydrogen-bond donors (Lipinski definition) is 0. The molecule has 1 saturated heterocycles. The Balaban J connectivity index is 1.55. The Bertz CT molecular complexity index is 1130. The SMILES string of the molecule is CCOC(=O)C1CCN(CC(=O)N2N=C(c3cccc(F)c3)C[C@@H]2c2ccc(OC)cc2OC)CC1. The van der Waals surface area contributed by atoms with Gasteiger partial charge in [0.05, 0.1) is 45.0 Å². The van der Waals surface area contributed by atoms with Crippen molar-refractivity contribution < 1.29 is 28.2 Å². The third kappa shape index (κ3) is 5.67. The molecule has 4 rings (SSSR count). The second-order valence-electron chi connectivity index (χ2n) is 8.93. The van der Waals surface area contributed by atoms with E-state index >= 15 is 0 Å². The first kappa shape index (κ1) is 25.6. The highest BCUT2D eigenvalue weighted by molar-refractivity contribution is 6.03. The summed E-state index contributed by atoms with van der Waals surface area (Å²) in [5, 5.41) is 6.14. The highest BCUT2D eigenvalue weighted by Crippen LogP contribution is 2.39. The van der Waals surface area contributed by atoms with E-state index < -0.39 is 6.04 Å². The fourth-order valence-electron chi connectivity index (χ4n) is 4.77. The lowest BCUT2D eigenvalue weighted by Crippen LogP contribution is -2.43. The summed E-state index contributed by atoms with van der Waals surface area (Å²) in [6, 6.07) is 11.3. The molecule has 0 unspecified atom stereocenters. The number of halogens is 1. The van der Waals surface area contributed by atoms with Gasteiger partial charge in [-0.15, -0.1) is 0 Å². The summed E-state index contributed by atoms with van der Waals surface area (Å²) in [4.78, 5) is 27.6. The van der Waals surface area contributed by atoms with Crippen LogP contribution in [0, 0.1) is 11.7 Å². The minimum atomic E-state index is -0.409. The third-order valence-electron chi connectivity index (χ3n) is 6.69. The number of likely N-dealkylation sites (tertiary alicyclic amines) is 1. The molecule has 2 heterocycles. The van der Waals surface area contributed by atoms with Crippen molar-refractivity contribution >= 4 is 17.6 Å². The number of methoxy groups -OCH3 is 2. The van der Waals surface area contributed by atoms with Crippen molar-refractivity contribution in [1.29, 1.82) is 0 Å². The largest absolute Gasteiger partial charge is 0.497 e. The van der Waals surface area contributed by atoms with E-state index in [-0.39, 0.29) is 30.2 Å². The third-order valence-corrected chi connectivity index (χ3v) is 6.69. The molecular weight excluding hydrogens is 465 g/mol. The normalized spacial score (nSPS) is 18.6. The molecule has 2 aliphatic heterocycles. The van der Waals surface area contributed by atoms with Gasteiger partial charge in [0.15, 0.2) is 0 Å². The smallest absolute Gasteiger partial charge is 0.309 e. The first-order valence-electron chi connectivity index (χ1n) is 12.2. The summed E-state index contributed by atoms with van der Waals surface area (Å²) >= 11 is 0. The number of esters is 1. The first-order chi connectivity index (χ1) is 17.4. The monoisotopic (exact) mass is 497 g/mol. The number of carbonyl (C=O) groups excluding carboxylic acids is 2. The topological polar surface area (TPSA) is 80.7 Å². The maximum atomic E-state index is 13.9. The van der Waals surface area contributed by atoms with E-state index in [2.05, 4.69) is 5.10 Å². The van der Waals surface area contributed by atoms with E-state index in [1.807, 2.05) is 17.0 Å². The Morgan fingerprint density at radius 1 is 1.08 bits per heavy atom. The van der Waals surface area contributed by atoms with Gasteiger partial charge in [-0.1, -0.05) is 12.1 Å². The molecule has 192 valence electrons. The number of hydrazone groups is 1. The molecule has 8 nitrogen and oxygen atoms in total. The van der Waals surface area contributed by atoms with E-state index in [0.29, 0.717) is 61.7 Å². The van der Waals surface area contributed by atoms with Crippen molar-refractivity contribution in [3.8, 4) is 11.5 Å². The molecule has 2 aromatic carbocycles. The number of amides is 1. The summed E-state index contributed by atoms with van der Waals surface area (Å²) in [5.74, 6) is 0.406. The molecule has 0 aromatic heterocycles. The van der Waals surface area contributed by atoms with E-state index in [1.54, 1.807) is 39.3 Å². The van der Waals surface area contributed by atoms with Crippen LogP contribution in [0.4, 0.5) is 4.39 Å². The van der Waals surface area contributed by atoms with Crippen LogP contribution in [0.3, 0.4) is 0 Å². The van der Waals surface area contributed by atoms with Gasteiger partial charge in [0.25, 0.3) is 5.91 Å². The number of nitrogens with zero attached hydrogens (tertiary/aromatic N) is 3. The molecule has 0 saturated carbocycles. The molecule has 0 spiro atoms. The number of hydrogen-bond acceptors (Lipinski definition) is 7. The maximum Gasteiger partial charge on any atom is 0.309 e. The van der Waals surface area contributed by atoms with Gasteiger partial charge >= 0.3 is 5.97 Å². The van der Waals surface area contributed by atoms with Gasteiger partial charge in [0, 0.05) is 23.6 Å². The van der Waals surface area contributed by atoms with E-state index in [9.17, 15) is 14.0 Å². The molecule has 2 aromatic rings. The molecule has 0 bridgehead atoms. The Morgan fingerprint density at radius 3 is 2.53 bits per heavy atom. The molecule has 0 aliphatic carbocycles. The predicted octanol–water partition coefficient (Wildman–Crippen LogP) is 3.80. The molecule has 1 fully saturated rings. The molecule has 1 amide bonds. The summed E-state index contributed by atoms with van der Waals surface area (Å²) < 4.78 is 30.0. The van der Waals surface area contributed by atoms with Crippen LogP contribution in [-0.4, -0.2) is 68.0 Å². The van der Waals surface area contributed by atoms with Crippen molar-refractivity contribution in [2.75, 3.05) is 40.5 Å². The summed E-state index contributed by atoms with van der Waals surface area (Å²) in [6.07, 6.45) is 1.72. The van der Waals surface area contributed by atoms with E-state index in [0.717, 1.165) is 5.56 Å². The van der Waals surface area contributed by atoms with Crippen molar-refractivity contribution in [3.05, 3.63) is 59.4 Å². The van der Waals surface area contributed by atoms with Gasteiger partial charge in [-0.05, 0) is 57.1 Å². The molecule has 0 radical (unpaired) electrons. The van der Waals surface area contributed by atoms with Crippen molar-refractivity contribution in [2.45, 2.75) is 32.2 Å². The van der Waals surface area contributed by atoms with Gasteiger partial charge in [0.1, 0.15) is 17.3 Å². The number of ether oxygens (including phenoxy) is 3. The summed E-state index contributed by atoms with van der Waals surface area (Å²) in [6.45, 7) is 3.59. The average Bonchev–Trinajstić information content (AvgIpc) is 3.34. The van der Waals surface area contributed by atoms with E-state index in [4.69, 9.17) is 14.2 Å². The lowest BCUT2D eigenvalue weighted by atomic mass is 9.96. The zero-order chi connectivity index (χ0) is 25.7. The molecule has 9 heteroatoms. The molecule has 0 N–H and O–H groups in total. The lowest BCUT2D eigenvalue weighted by Gasteiger charge is -2.32. The van der Waals surface area contributed by atoms with Crippen LogP contribution in [0.15, 0.2) is 47.6 Å². The van der Waals surface area contributed by atoms with Crippen molar-refractivity contribution in [3.63, 3.8) is 0 Å². The maximum absolute atomic E-state index is 13.9. The highest BCUT2D eigenvalue weighted by Gasteiger charge is 2.36. The molecular formula is C27H32FN3O5. The zero-order valence-electron chi connectivity index (χ0n) is 20.9. The minimum Gasteiger partial charge on any atom is -0.497 e. The van der Waals surface area contributed by atoms with Crippen molar-refractivity contribution in [2.24, 2.45) is 11.0 Å². The highest BCUT2D eigenvalue weighted by atomic mass is 19.1. The average molecular weight is 498 g/mol. The molecule has 36 heavy (non-hydrogen) atoms. The van der Waals surface area contributed by atoms with Crippen molar-refractivity contribution in [1.82, 2.24) is 9.91 Å². The van der Waals surface area contributed by atoms with Crippen LogP contribution in [0.5, 0.6) is 11.5 Å². The van der Waals surface area contributed by atoms with Crippen LogP contribution in [0.2, 0.25) is 0 Å². The Hall–Kier alpha value is -3.46. The van der Waals surface area contributed by atoms with Gasteiger partial charge in [-0.2, -0.15) is 5.10 Å². The Labute approximate surface area is 210 Å². The second-order valence-corrected chi connectivity index (χ2v) is 8.93. The second kappa shape index (κ2) is 11.5. The van der Waals surface area contributed by atoms with Crippen LogP contribution < -0.4 is 9.47 Å². The fourth-order valence-corrected chi connectivity index (χ4v) is 4.77. The summed E-state index contributed by atoms with van der Waals surface area (Å²) in [7, 11) is 3.15. The fraction of sp³-hybridized carbons (Fsp3) is 0.444. The zero-order valence-corrected chi connectivity index (χ0v) is 20.9. The van der Waals surface area contributed by atoms with Gasteiger partial charge < -0.3 is 14.2 Å². The number of rotatable bonds is 8. The Kier molecular flexibility index (Phi) is 8.20. The number of benzene rings is 2. The van der Waals surface area contributed by atoms with Crippen LogP contribution in [0.25, 0.3) is 0 Å². The van der Waals surface area contributed by atoms with Crippen LogP contribution in [-0.2, 0) is 14.3 Å². The van der Waals surface area contributed by atoms with Gasteiger partial charge in [-0.25, -0.2) is 9.40 Å². The van der Waals surface area contributed by atoms with Gasteiger partial charge in [-0.3, -0.25) is 14.5 Å². The van der Waals surface area contributed by atoms with E-state index in [1.165, 1.54) is 17.1 Å². The number of carbonyl (C=O) groups is 2. The Morgan fingerprint density at radius 2 is 1.86 bits per heavy atom. The van der Waals surface area contributed by atoms with Gasteiger partial charge in [0.2, 0.25) is 0 Å². The number of piperidine rings is 1. The molecule has 2 aliphatic rings. The molecule has 1 atom stereocenters. The van der Waals surface area contributed by atoms with Crippen LogP contribution in [0.1, 0.15) is 43.4 Å². The summed E-state index contributed by atoms with van der Waals surface area (Å²) in [5.41, 5.74) is 2.06.